The van der Waals surface area contributed by atoms with Crippen molar-refractivity contribution in [2.75, 3.05) is 5.32 Å². The third-order valence-corrected chi connectivity index (χ3v) is 6.32. The molecule has 5 atom stereocenters. The third-order valence-electron chi connectivity index (χ3n) is 6.32. The van der Waals surface area contributed by atoms with Crippen LogP contribution in [0, 0.1) is 24.5 Å². The first-order valence-corrected chi connectivity index (χ1v) is 10.5. The van der Waals surface area contributed by atoms with Crippen LogP contribution in [0.3, 0.4) is 0 Å². The number of nitrogens with zero attached hydrogens (tertiary/aromatic N) is 1. The van der Waals surface area contributed by atoms with E-state index in [0.29, 0.717) is 18.6 Å². The van der Waals surface area contributed by atoms with Gasteiger partial charge in [0.25, 0.3) is 5.91 Å². The van der Waals surface area contributed by atoms with Crippen LogP contribution in [0.5, 0.6) is 5.75 Å². The van der Waals surface area contributed by atoms with E-state index >= 15 is 0 Å². The second-order valence-electron chi connectivity index (χ2n) is 8.50. The number of nitrogens with one attached hydrogen (secondary N) is 1. The minimum absolute atomic E-state index is 0.0521. The molecule has 198 valence electrons. The molecule has 1 aromatic carbocycles. The molecule has 1 saturated heterocycles. The first-order valence-electron chi connectivity index (χ1n) is 10.5. The van der Waals surface area contributed by atoms with Gasteiger partial charge in [-0.1, -0.05) is 13.0 Å². The largest absolute Gasteiger partial charge is 0.431 e. The van der Waals surface area contributed by atoms with Crippen molar-refractivity contribution in [3.8, 4) is 5.75 Å². The summed E-state index contributed by atoms with van der Waals surface area (Å²) < 4.78 is 106. The van der Waals surface area contributed by atoms with Crippen molar-refractivity contribution in [2.24, 2.45) is 11.7 Å². The summed E-state index contributed by atoms with van der Waals surface area (Å²) in [6, 6.07) is 2.48. The highest BCUT2D eigenvalue weighted by Crippen LogP contribution is 2.55. The molecule has 0 saturated carbocycles. The summed E-state index contributed by atoms with van der Waals surface area (Å²) in [5.74, 6) is -8.83. The van der Waals surface area contributed by atoms with Crippen molar-refractivity contribution in [2.45, 2.75) is 57.4 Å². The van der Waals surface area contributed by atoms with E-state index in [4.69, 9.17) is 10.5 Å². The normalized spacial score (nSPS) is 25.2. The zero-order chi connectivity index (χ0) is 27.2. The molecule has 1 aliphatic rings. The molecule has 0 aliphatic carbocycles. The van der Waals surface area contributed by atoms with E-state index in [0.717, 1.165) is 19.1 Å². The lowest BCUT2D eigenvalue weighted by atomic mass is 9.76. The highest BCUT2D eigenvalue weighted by atomic mass is 19.4. The number of amides is 1. The Kier molecular flexibility index (Phi) is 7.42. The number of pyridine rings is 1. The quantitative estimate of drug-likeness (QED) is 0.369. The summed E-state index contributed by atoms with van der Waals surface area (Å²) in [5, 5.41) is 13.4. The standard InChI is InChI=1S/C22H22F7N3O4/c1-8-7-31-13(18(30)33)6-12(8)32-19(34)17-14(9(2)21(3,36-17)22(27,28)29)10-4-5-11(23)15(24)16(10)35-20(25)26/h4-7,9,14,17,19-20,34H,1-3H3,(H2,30,33)(H,31,32)/t9-,14-,17?,19+,21+/m0/s1. The van der Waals surface area contributed by atoms with E-state index in [-0.39, 0.29) is 11.4 Å². The SMILES string of the molecule is Cc1cnc(C(N)=O)cc1N[C@H](O)C1O[C@@](C)(C(F)(F)F)[C@@H](C)[C@H]1c1ccc(F)c(F)c1OC(F)F. The van der Waals surface area contributed by atoms with Gasteiger partial charge < -0.3 is 25.6 Å². The van der Waals surface area contributed by atoms with Gasteiger partial charge in [0.2, 0.25) is 5.82 Å². The Bertz CT molecular complexity index is 1150. The zero-order valence-corrected chi connectivity index (χ0v) is 19.0. The van der Waals surface area contributed by atoms with Crippen LogP contribution in [-0.2, 0) is 4.74 Å². The number of carbonyl (C=O) groups is 1. The molecule has 0 radical (unpaired) electrons. The van der Waals surface area contributed by atoms with Gasteiger partial charge in [0.05, 0.1) is 0 Å². The monoisotopic (exact) mass is 525 g/mol. The van der Waals surface area contributed by atoms with Crippen molar-refractivity contribution in [1.29, 1.82) is 0 Å². The first-order chi connectivity index (χ1) is 16.6. The Morgan fingerprint density at radius 3 is 2.50 bits per heavy atom. The molecule has 36 heavy (non-hydrogen) atoms. The molecule has 14 heteroatoms. The number of hydrogen-bond donors (Lipinski definition) is 3. The van der Waals surface area contributed by atoms with Gasteiger partial charge in [-0.25, -0.2) is 4.39 Å². The fourth-order valence-corrected chi connectivity index (χ4v) is 4.20. The number of nitrogens with two attached hydrogens (primary N) is 1. The van der Waals surface area contributed by atoms with Crippen LogP contribution in [0.2, 0.25) is 0 Å². The van der Waals surface area contributed by atoms with Crippen LogP contribution >= 0.6 is 0 Å². The first kappa shape index (κ1) is 27.5. The number of aliphatic hydroxyl groups is 1. The minimum atomic E-state index is -5.01. The van der Waals surface area contributed by atoms with Crippen LogP contribution < -0.4 is 15.8 Å². The number of halogens is 7. The number of aryl methyl sites for hydroxylation is 1. The molecule has 0 bridgehead atoms. The second kappa shape index (κ2) is 9.73. The summed E-state index contributed by atoms with van der Waals surface area (Å²) >= 11 is 0. The lowest BCUT2D eigenvalue weighted by Gasteiger charge is -2.32. The second-order valence-corrected chi connectivity index (χ2v) is 8.50. The molecule has 0 spiro atoms. The summed E-state index contributed by atoms with van der Waals surface area (Å²) in [6.07, 6.45) is -7.58. The van der Waals surface area contributed by atoms with Gasteiger partial charge in [-0.3, -0.25) is 9.78 Å². The predicted octanol–water partition coefficient (Wildman–Crippen LogP) is 4.24. The van der Waals surface area contributed by atoms with Gasteiger partial charge in [0.1, 0.15) is 11.8 Å². The van der Waals surface area contributed by atoms with Crippen LogP contribution in [0.25, 0.3) is 0 Å². The summed E-state index contributed by atoms with van der Waals surface area (Å²) in [5.41, 5.74) is 1.88. The van der Waals surface area contributed by atoms with E-state index in [1.165, 1.54) is 13.1 Å². The number of aliphatic hydroxyl groups excluding tert-OH is 1. The number of benzene rings is 1. The van der Waals surface area contributed by atoms with Crippen LogP contribution in [0.15, 0.2) is 24.4 Å². The molecule has 1 fully saturated rings. The van der Waals surface area contributed by atoms with E-state index in [2.05, 4.69) is 15.0 Å². The maximum Gasteiger partial charge on any atom is 0.417 e. The Hall–Kier alpha value is -3.13. The Morgan fingerprint density at radius 2 is 1.94 bits per heavy atom. The average molecular weight is 525 g/mol. The van der Waals surface area contributed by atoms with Crippen LogP contribution in [0.1, 0.15) is 41.4 Å². The van der Waals surface area contributed by atoms with Crippen LogP contribution in [0.4, 0.5) is 36.4 Å². The third kappa shape index (κ3) is 4.91. The number of rotatable bonds is 7. The molecule has 1 amide bonds. The molecule has 7 nitrogen and oxygen atoms in total. The topological polar surface area (TPSA) is 107 Å². The molecule has 3 rings (SSSR count). The van der Waals surface area contributed by atoms with Gasteiger partial charge in [0, 0.05) is 29.3 Å². The number of ether oxygens (including phenoxy) is 2. The van der Waals surface area contributed by atoms with Crippen molar-refractivity contribution >= 4 is 11.6 Å². The maximum atomic E-state index is 14.5. The molecule has 2 aromatic rings. The number of alkyl halides is 5. The highest BCUT2D eigenvalue weighted by Gasteiger charge is 2.65. The molecule has 4 N–H and O–H groups in total. The minimum Gasteiger partial charge on any atom is -0.431 e. The zero-order valence-electron chi connectivity index (χ0n) is 19.0. The molecular weight excluding hydrogens is 503 g/mol. The van der Waals surface area contributed by atoms with Crippen LogP contribution in [-0.4, -0.2) is 46.7 Å². The van der Waals surface area contributed by atoms with Gasteiger partial charge in [-0.15, -0.1) is 0 Å². The summed E-state index contributed by atoms with van der Waals surface area (Å²) in [7, 11) is 0. The fraction of sp³-hybridized carbons (Fsp3) is 0.455. The lowest BCUT2D eigenvalue weighted by molar-refractivity contribution is -0.278. The molecule has 1 aliphatic heterocycles. The number of primary amides is 1. The van der Waals surface area contributed by atoms with Gasteiger partial charge in [-0.05, 0) is 31.5 Å². The van der Waals surface area contributed by atoms with Crippen molar-refractivity contribution < 1.29 is 50.1 Å². The van der Waals surface area contributed by atoms with Gasteiger partial charge >= 0.3 is 12.8 Å². The number of hydrogen-bond acceptors (Lipinski definition) is 6. The maximum absolute atomic E-state index is 14.5. The summed E-state index contributed by atoms with van der Waals surface area (Å²) in [6.45, 7) is -0.360. The van der Waals surface area contributed by atoms with Crippen molar-refractivity contribution in [1.82, 2.24) is 4.98 Å². The van der Waals surface area contributed by atoms with E-state index in [9.17, 15) is 40.6 Å². The van der Waals surface area contributed by atoms with Crippen molar-refractivity contribution in [3.05, 3.63) is 52.9 Å². The van der Waals surface area contributed by atoms with E-state index in [1.54, 1.807) is 0 Å². The molecular formula is C22H22F7N3O4. The van der Waals surface area contributed by atoms with Crippen molar-refractivity contribution in [3.63, 3.8) is 0 Å². The molecule has 2 heterocycles. The molecule has 1 unspecified atom stereocenters. The summed E-state index contributed by atoms with van der Waals surface area (Å²) in [4.78, 5) is 15.2. The molecule has 1 aromatic heterocycles. The Labute approximate surface area is 200 Å². The average Bonchev–Trinajstić information content (AvgIpc) is 3.05. The van der Waals surface area contributed by atoms with E-state index in [1.807, 2.05) is 0 Å². The lowest BCUT2D eigenvalue weighted by Crippen LogP contribution is -2.47. The predicted molar refractivity (Wildman–Crippen MR) is 111 cm³/mol. The number of aromatic nitrogens is 1. The van der Waals surface area contributed by atoms with Gasteiger partial charge in [-0.2, -0.15) is 26.3 Å². The number of carbonyl (C=O) groups excluding carboxylic acids is 1. The highest BCUT2D eigenvalue weighted by molar-refractivity contribution is 5.91. The van der Waals surface area contributed by atoms with Gasteiger partial charge in [0.15, 0.2) is 23.4 Å². The fourth-order valence-electron chi connectivity index (χ4n) is 4.20. The smallest absolute Gasteiger partial charge is 0.417 e. The Morgan fingerprint density at radius 1 is 1.31 bits per heavy atom. The number of anilines is 1. The van der Waals surface area contributed by atoms with E-state index < -0.39 is 71.4 Å². The Balaban J connectivity index is 2.12.